The summed E-state index contributed by atoms with van der Waals surface area (Å²) in [5, 5.41) is 8.75. The van der Waals surface area contributed by atoms with Crippen molar-refractivity contribution in [3.63, 3.8) is 0 Å². The van der Waals surface area contributed by atoms with E-state index >= 15 is 0 Å². The zero-order chi connectivity index (χ0) is 11.4. The zero-order valence-corrected chi connectivity index (χ0v) is 9.17. The van der Waals surface area contributed by atoms with Gasteiger partial charge in [0.05, 0.1) is 19.8 Å². The van der Waals surface area contributed by atoms with Crippen molar-refractivity contribution in [1.82, 2.24) is 0 Å². The molecule has 0 N–H and O–H groups in total. The van der Waals surface area contributed by atoms with E-state index in [9.17, 15) is 4.79 Å². The number of benzene rings is 1. The Labute approximate surface area is 92.8 Å². The van der Waals surface area contributed by atoms with E-state index in [2.05, 4.69) is 17.4 Å². The Morgan fingerprint density at radius 1 is 1.47 bits per heavy atom. The van der Waals surface area contributed by atoms with Gasteiger partial charge in [-0.15, -0.1) is 12.6 Å². The number of ether oxygens (including phenoxy) is 2. The van der Waals surface area contributed by atoms with Crippen molar-refractivity contribution in [2.75, 3.05) is 14.2 Å². The number of rotatable bonds is 2. The predicted molar refractivity (Wildman–Crippen MR) is 56.3 cm³/mol. The molecule has 0 radical (unpaired) electrons. The van der Waals surface area contributed by atoms with Crippen molar-refractivity contribution in [2.24, 2.45) is 0 Å². The third-order valence-electron chi connectivity index (χ3n) is 1.84. The fraction of sp³-hybridized carbons (Fsp3) is 0.200. The standard InChI is InChI=1S/C10H9NO3S/c1-13-8-3-6(5-11)9(15)4-7(8)10(12)14-2/h3-4,15H,1-2H3. The molecule has 0 aliphatic heterocycles. The number of hydrogen-bond acceptors (Lipinski definition) is 5. The lowest BCUT2D eigenvalue weighted by Crippen LogP contribution is -2.04. The van der Waals surface area contributed by atoms with Gasteiger partial charge in [0.25, 0.3) is 0 Å². The summed E-state index contributed by atoms with van der Waals surface area (Å²) >= 11 is 4.08. The quantitative estimate of drug-likeness (QED) is 0.611. The highest BCUT2D eigenvalue weighted by Crippen LogP contribution is 2.26. The van der Waals surface area contributed by atoms with Gasteiger partial charge in [-0.2, -0.15) is 5.26 Å². The molecule has 0 aliphatic rings. The topological polar surface area (TPSA) is 59.3 Å². The number of nitriles is 1. The second kappa shape index (κ2) is 4.71. The maximum Gasteiger partial charge on any atom is 0.341 e. The summed E-state index contributed by atoms with van der Waals surface area (Å²) in [6.07, 6.45) is 0. The van der Waals surface area contributed by atoms with Gasteiger partial charge in [-0.1, -0.05) is 0 Å². The van der Waals surface area contributed by atoms with Crippen LogP contribution >= 0.6 is 12.6 Å². The molecular formula is C10H9NO3S. The highest BCUT2D eigenvalue weighted by Gasteiger charge is 2.15. The minimum atomic E-state index is -0.522. The summed E-state index contributed by atoms with van der Waals surface area (Å²) in [5.41, 5.74) is 0.604. The summed E-state index contributed by atoms with van der Waals surface area (Å²) in [5.74, 6) is -0.220. The summed E-state index contributed by atoms with van der Waals surface area (Å²) in [7, 11) is 2.69. The Balaban J connectivity index is 3.35. The number of esters is 1. The zero-order valence-electron chi connectivity index (χ0n) is 8.27. The number of carbonyl (C=O) groups is 1. The summed E-state index contributed by atoms with van der Waals surface area (Å²) in [4.78, 5) is 11.7. The Hall–Kier alpha value is -1.67. The predicted octanol–water partition coefficient (Wildman–Crippen LogP) is 1.64. The Morgan fingerprint density at radius 2 is 2.13 bits per heavy atom. The normalized spacial score (nSPS) is 9.20. The van der Waals surface area contributed by atoms with Crippen LogP contribution in [0, 0.1) is 11.3 Å². The molecule has 0 atom stereocenters. The van der Waals surface area contributed by atoms with Gasteiger partial charge in [0.2, 0.25) is 0 Å². The lowest BCUT2D eigenvalue weighted by molar-refractivity contribution is 0.0597. The highest BCUT2D eigenvalue weighted by molar-refractivity contribution is 7.80. The Morgan fingerprint density at radius 3 is 2.60 bits per heavy atom. The molecule has 1 rings (SSSR count). The molecule has 0 saturated heterocycles. The molecule has 0 unspecified atom stereocenters. The van der Waals surface area contributed by atoms with Crippen LogP contribution in [0.2, 0.25) is 0 Å². The third-order valence-corrected chi connectivity index (χ3v) is 2.21. The van der Waals surface area contributed by atoms with Crippen LogP contribution in [0.3, 0.4) is 0 Å². The van der Waals surface area contributed by atoms with Gasteiger partial charge in [0.1, 0.15) is 17.4 Å². The second-order valence-corrected chi connectivity index (χ2v) is 3.15. The average Bonchev–Trinajstić information content (AvgIpc) is 2.27. The largest absolute Gasteiger partial charge is 0.496 e. The summed E-state index contributed by atoms with van der Waals surface area (Å²) in [6, 6.07) is 4.85. The van der Waals surface area contributed by atoms with Gasteiger partial charge in [-0.05, 0) is 12.1 Å². The fourth-order valence-corrected chi connectivity index (χ4v) is 1.34. The van der Waals surface area contributed by atoms with Crippen LogP contribution in [0.5, 0.6) is 5.75 Å². The van der Waals surface area contributed by atoms with E-state index in [1.54, 1.807) is 0 Å². The van der Waals surface area contributed by atoms with E-state index in [-0.39, 0.29) is 5.56 Å². The first-order chi connectivity index (χ1) is 7.13. The first kappa shape index (κ1) is 11.4. The molecular weight excluding hydrogens is 214 g/mol. The van der Waals surface area contributed by atoms with Crippen molar-refractivity contribution in [2.45, 2.75) is 4.90 Å². The van der Waals surface area contributed by atoms with Crippen molar-refractivity contribution in [3.8, 4) is 11.8 Å². The monoisotopic (exact) mass is 223 g/mol. The number of nitrogens with zero attached hydrogens (tertiary/aromatic N) is 1. The average molecular weight is 223 g/mol. The Bertz CT molecular complexity index is 437. The molecule has 0 aromatic heterocycles. The number of carbonyl (C=O) groups excluding carboxylic acids is 1. The number of hydrogen-bond donors (Lipinski definition) is 1. The van der Waals surface area contributed by atoms with Crippen molar-refractivity contribution in [1.29, 1.82) is 5.26 Å². The van der Waals surface area contributed by atoms with Crippen molar-refractivity contribution >= 4 is 18.6 Å². The van der Waals surface area contributed by atoms with Gasteiger partial charge >= 0.3 is 5.97 Å². The first-order valence-corrected chi connectivity index (χ1v) is 4.48. The molecule has 1 aromatic rings. The maximum absolute atomic E-state index is 11.3. The van der Waals surface area contributed by atoms with E-state index in [1.165, 1.54) is 26.4 Å². The fourth-order valence-electron chi connectivity index (χ4n) is 1.10. The van der Waals surface area contributed by atoms with Crippen LogP contribution in [-0.4, -0.2) is 20.2 Å². The highest BCUT2D eigenvalue weighted by atomic mass is 32.1. The van der Waals surface area contributed by atoms with Crippen molar-refractivity contribution < 1.29 is 14.3 Å². The molecule has 0 amide bonds. The van der Waals surface area contributed by atoms with Crippen LogP contribution in [0.15, 0.2) is 17.0 Å². The van der Waals surface area contributed by atoms with Gasteiger partial charge in [-0.25, -0.2) is 4.79 Å². The van der Waals surface area contributed by atoms with Crippen molar-refractivity contribution in [3.05, 3.63) is 23.3 Å². The van der Waals surface area contributed by atoms with Crippen LogP contribution in [0.4, 0.5) is 0 Å². The molecule has 15 heavy (non-hydrogen) atoms. The Kier molecular flexibility index (Phi) is 3.58. The van der Waals surface area contributed by atoms with Crippen LogP contribution in [-0.2, 0) is 4.74 Å². The summed E-state index contributed by atoms with van der Waals surface area (Å²) in [6.45, 7) is 0. The van der Waals surface area contributed by atoms with Gasteiger partial charge in [0, 0.05) is 4.90 Å². The molecule has 78 valence electrons. The molecule has 0 spiro atoms. The van der Waals surface area contributed by atoms with Gasteiger partial charge in [-0.3, -0.25) is 0 Å². The van der Waals surface area contributed by atoms with E-state index in [4.69, 9.17) is 10.00 Å². The van der Waals surface area contributed by atoms with Crippen LogP contribution < -0.4 is 4.74 Å². The van der Waals surface area contributed by atoms with Gasteiger partial charge < -0.3 is 9.47 Å². The molecule has 0 heterocycles. The molecule has 4 nitrogen and oxygen atoms in total. The SMILES string of the molecule is COC(=O)c1cc(S)c(C#N)cc1OC. The van der Waals surface area contributed by atoms with E-state index in [0.717, 1.165) is 0 Å². The molecule has 1 aromatic carbocycles. The molecule has 5 heteroatoms. The number of methoxy groups -OCH3 is 2. The second-order valence-electron chi connectivity index (χ2n) is 2.67. The molecule has 0 bridgehead atoms. The van der Waals surface area contributed by atoms with Gasteiger partial charge in [0.15, 0.2) is 0 Å². The summed E-state index contributed by atoms with van der Waals surface area (Å²) < 4.78 is 9.55. The molecule has 0 aliphatic carbocycles. The molecule has 0 saturated carbocycles. The lowest BCUT2D eigenvalue weighted by atomic mass is 10.1. The van der Waals surface area contributed by atoms with E-state index in [1.807, 2.05) is 6.07 Å². The molecule has 0 fully saturated rings. The van der Waals surface area contributed by atoms with E-state index in [0.29, 0.717) is 16.2 Å². The minimum absolute atomic E-state index is 0.254. The lowest BCUT2D eigenvalue weighted by Gasteiger charge is -2.08. The van der Waals surface area contributed by atoms with Crippen LogP contribution in [0.25, 0.3) is 0 Å². The number of thiol groups is 1. The first-order valence-electron chi connectivity index (χ1n) is 4.03. The maximum atomic E-state index is 11.3. The minimum Gasteiger partial charge on any atom is -0.496 e. The van der Waals surface area contributed by atoms with Crippen LogP contribution in [0.1, 0.15) is 15.9 Å². The van der Waals surface area contributed by atoms with E-state index < -0.39 is 5.97 Å². The third kappa shape index (κ3) is 2.22. The smallest absolute Gasteiger partial charge is 0.341 e.